The lowest BCUT2D eigenvalue weighted by molar-refractivity contribution is -0.154. The molecule has 0 bridgehead atoms. The maximum atomic E-state index is 12.1. The van der Waals surface area contributed by atoms with Crippen LogP contribution in [0.5, 0.6) is 5.88 Å². The van der Waals surface area contributed by atoms with Crippen LogP contribution >= 0.6 is 23.2 Å². The van der Waals surface area contributed by atoms with Crippen LogP contribution < -0.4 is 10.1 Å². The number of anilines is 1. The Morgan fingerprint density at radius 2 is 1.89 bits per heavy atom. The quantitative estimate of drug-likeness (QED) is 0.690. The zero-order valence-corrected chi connectivity index (χ0v) is 15.7. The lowest BCUT2D eigenvalue weighted by atomic mass is 10.3. The normalized spacial score (nSPS) is 11.1. The van der Waals surface area contributed by atoms with Gasteiger partial charge in [0.15, 0.2) is 19.0 Å². The van der Waals surface area contributed by atoms with Crippen molar-refractivity contribution in [1.82, 2.24) is 9.97 Å². The molecule has 2 rings (SSSR count). The predicted octanol–water partition coefficient (Wildman–Crippen LogP) is 3.83. The van der Waals surface area contributed by atoms with E-state index in [1.807, 2.05) is 0 Å². The summed E-state index contributed by atoms with van der Waals surface area (Å²) in [6.45, 7) is -0.521. The molecule has 0 saturated carbocycles. The van der Waals surface area contributed by atoms with Crippen LogP contribution in [0.1, 0.15) is 15.9 Å². The first-order valence-electron chi connectivity index (χ1n) is 7.50. The van der Waals surface area contributed by atoms with Gasteiger partial charge in [-0.05, 0) is 18.6 Å². The number of carbonyl (C=O) groups is 2. The van der Waals surface area contributed by atoms with Gasteiger partial charge in [0.25, 0.3) is 5.91 Å². The van der Waals surface area contributed by atoms with Gasteiger partial charge in [-0.15, -0.1) is 0 Å². The van der Waals surface area contributed by atoms with Gasteiger partial charge in [-0.25, -0.2) is 14.8 Å². The van der Waals surface area contributed by atoms with E-state index < -0.39 is 31.3 Å². The third-order valence-corrected chi connectivity index (χ3v) is 3.99. The Hall–Kier alpha value is -2.59. The highest BCUT2D eigenvalue weighted by Crippen LogP contribution is 2.28. The smallest absolute Gasteiger partial charge is 0.422 e. The van der Waals surface area contributed by atoms with E-state index >= 15 is 0 Å². The van der Waals surface area contributed by atoms with Gasteiger partial charge in [0.1, 0.15) is 0 Å². The molecule has 150 valence electrons. The predicted molar refractivity (Wildman–Crippen MR) is 93.7 cm³/mol. The second kappa shape index (κ2) is 9.07. The van der Waals surface area contributed by atoms with Crippen molar-refractivity contribution < 1.29 is 32.2 Å². The Morgan fingerprint density at radius 1 is 1.18 bits per heavy atom. The van der Waals surface area contributed by atoms with Crippen molar-refractivity contribution in [2.45, 2.75) is 13.1 Å². The molecule has 0 aliphatic heterocycles. The van der Waals surface area contributed by atoms with Crippen LogP contribution in [-0.2, 0) is 9.53 Å². The number of nitrogens with zero attached hydrogens (tertiary/aromatic N) is 2. The van der Waals surface area contributed by atoms with E-state index in [1.165, 1.54) is 6.20 Å². The van der Waals surface area contributed by atoms with Crippen molar-refractivity contribution in [3.63, 3.8) is 0 Å². The van der Waals surface area contributed by atoms with E-state index in [9.17, 15) is 22.8 Å². The van der Waals surface area contributed by atoms with Gasteiger partial charge in [0.05, 0.1) is 15.6 Å². The molecule has 0 spiro atoms. The number of halogens is 5. The van der Waals surface area contributed by atoms with Crippen molar-refractivity contribution in [3.05, 3.63) is 45.7 Å². The van der Waals surface area contributed by atoms with E-state index in [1.54, 1.807) is 6.92 Å². The van der Waals surface area contributed by atoms with Crippen molar-refractivity contribution >= 4 is 40.9 Å². The molecule has 0 unspecified atom stereocenters. The fraction of sp³-hybridized carbons (Fsp3) is 0.250. The molecule has 0 fully saturated rings. The molecule has 2 aromatic rings. The molecule has 0 aliphatic carbocycles. The van der Waals surface area contributed by atoms with Crippen LogP contribution in [0.15, 0.2) is 24.5 Å². The van der Waals surface area contributed by atoms with E-state index in [2.05, 4.69) is 20.0 Å². The molecule has 0 aromatic carbocycles. The number of nitrogens with one attached hydrogen (secondary N) is 1. The van der Waals surface area contributed by atoms with E-state index in [4.69, 9.17) is 27.9 Å². The van der Waals surface area contributed by atoms with E-state index in [0.717, 1.165) is 18.3 Å². The van der Waals surface area contributed by atoms with Crippen LogP contribution in [0.25, 0.3) is 0 Å². The van der Waals surface area contributed by atoms with Crippen molar-refractivity contribution in [1.29, 1.82) is 0 Å². The number of hydrogen-bond acceptors (Lipinski definition) is 6. The van der Waals surface area contributed by atoms with Gasteiger partial charge in [-0.2, -0.15) is 13.2 Å². The largest absolute Gasteiger partial charge is 0.468 e. The lowest BCUT2D eigenvalue weighted by Crippen LogP contribution is -2.22. The summed E-state index contributed by atoms with van der Waals surface area (Å²) in [6.07, 6.45) is -2.24. The highest BCUT2D eigenvalue weighted by Gasteiger charge is 2.28. The molecule has 0 radical (unpaired) electrons. The number of aromatic nitrogens is 2. The fourth-order valence-electron chi connectivity index (χ4n) is 1.77. The number of carbonyl (C=O) groups excluding carboxylic acids is 2. The first-order chi connectivity index (χ1) is 13.1. The Balaban J connectivity index is 1.88. The zero-order valence-electron chi connectivity index (χ0n) is 14.1. The summed E-state index contributed by atoms with van der Waals surface area (Å²) in [4.78, 5) is 31.2. The number of alkyl halides is 3. The molecule has 1 N–H and O–H groups in total. The first kappa shape index (κ1) is 21.7. The Morgan fingerprint density at radius 3 is 2.50 bits per heavy atom. The zero-order chi connectivity index (χ0) is 20.9. The lowest BCUT2D eigenvalue weighted by Gasteiger charge is -2.10. The Labute approximate surface area is 166 Å². The minimum absolute atomic E-state index is 0.0532. The van der Waals surface area contributed by atoms with Crippen LogP contribution in [0, 0.1) is 6.92 Å². The number of pyridine rings is 2. The van der Waals surface area contributed by atoms with Crippen molar-refractivity contribution in [2.24, 2.45) is 0 Å². The average molecular weight is 438 g/mol. The molecule has 0 aliphatic rings. The minimum atomic E-state index is -4.51. The first-order valence-corrected chi connectivity index (χ1v) is 8.25. The number of rotatable bonds is 6. The molecule has 2 aromatic heterocycles. The molecule has 0 saturated heterocycles. The minimum Gasteiger partial charge on any atom is -0.468 e. The summed E-state index contributed by atoms with van der Waals surface area (Å²) < 4.78 is 45.4. The Kier molecular flexibility index (Phi) is 7.03. The standard InChI is InChI=1S/C16H12Cl2F3N3O4/c1-8-10(17)5-23-14(13(8)18)24-11(25)6-27-15(26)9-2-3-12(22-4-9)28-7-16(19,20)21/h2-5H,6-7H2,1H3,(H,23,24,25). The molecular weight excluding hydrogens is 426 g/mol. The van der Waals surface area contributed by atoms with Gasteiger partial charge < -0.3 is 14.8 Å². The maximum absolute atomic E-state index is 12.1. The number of ether oxygens (including phenoxy) is 2. The molecule has 7 nitrogen and oxygen atoms in total. The molecule has 28 heavy (non-hydrogen) atoms. The summed E-state index contributed by atoms with van der Waals surface area (Å²) >= 11 is 11.9. The van der Waals surface area contributed by atoms with Gasteiger partial charge >= 0.3 is 12.1 Å². The van der Waals surface area contributed by atoms with Crippen LogP contribution in [0.3, 0.4) is 0 Å². The van der Waals surface area contributed by atoms with Gasteiger partial charge in [0.2, 0.25) is 5.88 Å². The second-order valence-corrected chi connectivity index (χ2v) is 6.09. The molecule has 2 heterocycles. The number of esters is 1. The van der Waals surface area contributed by atoms with Crippen LogP contribution in [-0.4, -0.2) is 41.2 Å². The summed E-state index contributed by atoms with van der Waals surface area (Å²) in [5.74, 6) is -1.87. The molecule has 0 atom stereocenters. The van der Waals surface area contributed by atoms with Crippen LogP contribution in [0.4, 0.5) is 19.0 Å². The van der Waals surface area contributed by atoms with Gasteiger partial charge in [-0.3, -0.25) is 4.79 Å². The summed E-state index contributed by atoms with van der Waals surface area (Å²) in [7, 11) is 0. The number of amides is 1. The molecule has 12 heteroatoms. The van der Waals surface area contributed by atoms with E-state index in [0.29, 0.717) is 10.6 Å². The molecule has 1 amide bonds. The third-order valence-electron chi connectivity index (χ3n) is 3.15. The average Bonchev–Trinajstić information content (AvgIpc) is 2.65. The summed E-state index contributed by atoms with van der Waals surface area (Å²) in [5.41, 5.74) is 0.440. The Bertz CT molecular complexity index is 877. The van der Waals surface area contributed by atoms with Crippen molar-refractivity contribution in [2.75, 3.05) is 18.5 Å². The second-order valence-electron chi connectivity index (χ2n) is 5.31. The SMILES string of the molecule is Cc1c(Cl)cnc(NC(=O)COC(=O)c2ccc(OCC(F)(F)F)nc2)c1Cl. The monoisotopic (exact) mass is 437 g/mol. The molecular formula is C16H12Cl2F3N3O4. The third kappa shape index (κ3) is 6.24. The highest BCUT2D eigenvalue weighted by molar-refractivity contribution is 6.37. The fourth-order valence-corrected chi connectivity index (χ4v) is 2.16. The summed E-state index contributed by atoms with van der Waals surface area (Å²) in [5, 5.41) is 2.83. The highest BCUT2D eigenvalue weighted by atomic mass is 35.5. The van der Waals surface area contributed by atoms with Gasteiger partial charge in [0, 0.05) is 18.5 Å². The van der Waals surface area contributed by atoms with Gasteiger partial charge in [-0.1, -0.05) is 23.2 Å². The topological polar surface area (TPSA) is 90.4 Å². The number of hydrogen-bond donors (Lipinski definition) is 1. The van der Waals surface area contributed by atoms with E-state index in [-0.39, 0.29) is 22.3 Å². The van der Waals surface area contributed by atoms with Crippen LogP contribution in [0.2, 0.25) is 10.0 Å². The summed E-state index contributed by atoms with van der Waals surface area (Å²) in [6, 6.07) is 2.22. The maximum Gasteiger partial charge on any atom is 0.422 e. The van der Waals surface area contributed by atoms with Crippen molar-refractivity contribution in [3.8, 4) is 5.88 Å².